The number of hydrogen-bond acceptors (Lipinski definition) is 6. The quantitative estimate of drug-likeness (QED) is 0.173. The summed E-state index contributed by atoms with van der Waals surface area (Å²) in [5.41, 5.74) is 5.46. The largest absolute Gasteiger partial charge is 0.435 e. The maximum absolute atomic E-state index is 6.54. The summed E-state index contributed by atoms with van der Waals surface area (Å²) >= 11 is 1.79. The zero-order chi connectivity index (χ0) is 34.2. The first-order valence-corrected chi connectivity index (χ1v) is 18.0. The number of benzene rings is 8. The predicted octanol–water partition coefficient (Wildman–Crippen LogP) is 12.5. The molecule has 0 saturated heterocycles. The van der Waals surface area contributed by atoms with Gasteiger partial charge in [0.05, 0.1) is 0 Å². The minimum atomic E-state index is 0.619. The lowest BCUT2D eigenvalue weighted by Gasteiger charge is -2.12. The van der Waals surface area contributed by atoms with Crippen LogP contribution in [0.3, 0.4) is 0 Å². The Hall–Kier alpha value is -6.76. The standard InChI is InChI=1S/C46H26N4OS/c1-3-10-29(11-4-1)43-48-44(50-45(49-43)35-15-9-17-38-41(35)34-14-7-8-16-37(34)52-38)32-22-24-33-31(26-32)21-20-27-18-19-28-23-25-36-42(40(28)39(27)33)51-46(47-36)30-12-5-2-6-13-30/h1-26H. The van der Waals surface area contributed by atoms with Crippen molar-refractivity contribution in [3.63, 3.8) is 0 Å². The number of nitrogens with zero attached hydrogens (tertiary/aromatic N) is 4. The number of fused-ring (bicyclic) bond motifs is 10. The summed E-state index contributed by atoms with van der Waals surface area (Å²) in [6.07, 6.45) is 0. The number of rotatable bonds is 4. The molecule has 3 heterocycles. The topological polar surface area (TPSA) is 64.7 Å². The molecule has 8 aromatic carbocycles. The average Bonchev–Trinajstić information content (AvgIpc) is 3.83. The Morgan fingerprint density at radius 2 is 1.06 bits per heavy atom. The summed E-state index contributed by atoms with van der Waals surface area (Å²) in [4.78, 5) is 20.2. The van der Waals surface area contributed by atoms with Crippen LogP contribution in [0.5, 0.6) is 0 Å². The SMILES string of the molecule is c1ccc(-c2nc(-c3ccc4c(ccc5ccc6ccc7nc(-c8ccccc8)oc7c6c54)c3)nc(-c3cccc4sc5ccccc5c34)n2)cc1. The highest BCUT2D eigenvalue weighted by atomic mass is 32.1. The summed E-state index contributed by atoms with van der Waals surface area (Å²) in [5.74, 6) is 2.55. The summed E-state index contributed by atoms with van der Waals surface area (Å²) in [6, 6.07) is 54.6. The normalized spacial score (nSPS) is 11.8. The molecule has 0 saturated carbocycles. The van der Waals surface area contributed by atoms with Crippen LogP contribution in [0.4, 0.5) is 0 Å². The molecule has 0 radical (unpaired) electrons. The molecule has 0 spiro atoms. The Labute approximate surface area is 301 Å². The Morgan fingerprint density at radius 3 is 1.88 bits per heavy atom. The van der Waals surface area contributed by atoms with Crippen molar-refractivity contribution < 1.29 is 4.42 Å². The van der Waals surface area contributed by atoms with Crippen molar-refractivity contribution in [2.24, 2.45) is 0 Å². The summed E-state index contributed by atoms with van der Waals surface area (Å²) in [7, 11) is 0. The van der Waals surface area contributed by atoms with Crippen LogP contribution < -0.4 is 0 Å². The summed E-state index contributed by atoms with van der Waals surface area (Å²) in [6.45, 7) is 0. The third kappa shape index (κ3) is 4.55. The van der Waals surface area contributed by atoms with Gasteiger partial charge in [-0.2, -0.15) is 0 Å². The van der Waals surface area contributed by atoms with E-state index in [4.69, 9.17) is 24.4 Å². The van der Waals surface area contributed by atoms with Crippen molar-refractivity contribution >= 4 is 74.9 Å². The highest BCUT2D eigenvalue weighted by Crippen LogP contribution is 2.41. The van der Waals surface area contributed by atoms with Gasteiger partial charge in [0.15, 0.2) is 23.1 Å². The molecule has 0 aliphatic rings. The van der Waals surface area contributed by atoms with E-state index in [0.29, 0.717) is 23.4 Å². The second-order valence-electron chi connectivity index (χ2n) is 13.0. The van der Waals surface area contributed by atoms with E-state index in [2.05, 4.69) is 103 Å². The molecule has 242 valence electrons. The van der Waals surface area contributed by atoms with Gasteiger partial charge >= 0.3 is 0 Å². The van der Waals surface area contributed by atoms with Crippen LogP contribution in [0.25, 0.3) is 109 Å². The third-order valence-electron chi connectivity index (χ3n) is 9.92. The lowest BCUT2D eigenvalue weighted by molar-refractivity contribution is 0.623. The van der Waals surface area contributed by atoms with E-state index in [0.717, 1.165) is 65.7 Å². The van der Waals surface area contributed by atoms with Gasteiger partial charge in [0, 0.05) is 53.2 Å². The molecule has 0 bridgehead atoms. The lowest BCUT2D eigenvalue weighted by Crippen LogP contribution is -2.00. The van der Waals surface area contributed by atoms with Crippen LogP contribution in [-0.4, -0.2) is 19.9 Å². The van der Waals surface area contributed by atoms with Crippen LogP contribution in [0.2, 0.25) is 0 Å². The molecule has 0 unspecified atom stereocenters. The van der Waals surface area contributed by atoms with E-state index in [9.17, 15) is 0 Å². The second-order valence-corrected chi connectivity index (χ2v) is 14.1. The van der Waals surface area contributed by atoms with Crippen LogP contribution in [0, 0.1) is 0 Å². The molecule has 0 atom stereocenters. The highest BCUT2D eigenvalue weighted by molar-refractivity contribution is 7.25. The van der Waals surface area contributed by atoms with Crippen molar-refractivity contribution in [3.05, 3.63) is 158 Å². The molecule has 0 aliphatic carbocycles. The molecule has 0 N–H and O–H groups in total. The summed E-state index contributed by atoms with van der Waals surface area (Å²) < 4.78 is 9.00. The molecule has 11 rings (SSSR count). The molecule has 3 aromatic heterocycles. The fourth-order valence-corrected chi connectivity index (χ4v) is 8.63. The predicted molar refractivity (Wildman–Crippen MR) is 215 cm³/mol. The number of aromatic nitrogens is 4. The maximum atomic E-state index is 6.54. The van der Waals surface area contributed by atoms with Crippen molar-refractivity contribution in [2.45, 2.75) is 0 Å². The first-order valence-electron chi connectivity index (χ1n) is 17.2. The first-order chi connectivity index (χ1) is 25.7. The molecule has 0 fully saturated rings. The van der Waals surface area contributed by atoms with E-state index in [1.54, 1.807) is 11.3 Å². The van der Waals surface area contributed by atoms with Crippen molar-refractivity contribution in [3.8, 4) is 45.6 Å². The van der Waals surface area contributed by atoms with Gasteiger partial charge in [0.1, 0.15) is 5.52 Å². The van der Waals surface area contributed by atoms with Gasteiger partial charge in [0.25, 0.3) is 0 Å². The van der Waals surface area contributed by atoms with Crippen LogP contribution in [0.1, 0.15) is 0 Å². The van der Waals surface area contributed by atoms with Crippen LogP contribution >= 0.6 is 11.3 Å². The number of oxazole rings is 1. The Balaban J connectivity index is 1.13. The van der Waals surface area contributed by atoms with Crippen molar-refractivity contribution in [1.82, 2.24) is 19.9 Å². The molecule has 11 aromatic rings. The molecule has 5 nitrogen and oxygen atoms in total. The number of hydrogen-bond donors (Lipinski definition) is 0. The Kier molecular flexibility index (Phi) is 6.35. The van der Waals surface area contributed by atoms with Gasteiger partial charge in [-0.1, -0.05) is 121 Å². The van der Waals surface area contributed by atoms with Crippen LogP contribution in [0.15, 0.2) is 162 Å². The van der Waals surface area contributed by atoms with Gasteiger partial charge in [-0.05, 0) is 57.9 Å². The van der Waals surface area contributed by atoms with Crippen molar-refractivity contribution in [1.29, 1.82) is 0 Å². The van der Waals surface area contributed by atoms with Gasteiger partial charge in [0.2, 0.25) is 5.89 Å². The smallest absolute Gasteiger partial charge is 0.227 e. The maximum Gasteiger partial charge on any atom is 0.227 e. The van der Waals surface area contributed by atoms with Crippen LogP contribution in [-0.2, 0) is 0 Å². The Morgan fingerprint density at radius 1 is 0.404 bits per heavy atom. The van der Waals surface area contributed by atoms with Gasteiger partial charge < -0.3 is 4.42 Å². The molecule has 0 amide bonds. The molecule has 52 heavy (non-hydrogen) atoms. The van der Waals surface area contributed by atoms with E-state index < -0.39 is 0 Å². The molecular weight excluding hydrogens is 657 g/mol. The van der Waals surface area contributed by atoms with E-state index in [-0.39, 0.29) is 0 Å². The minimum absolute atomic E-state index is 0.619. The first kappa shape index (κ1) is 29.0. The zero-order valence-corrected chi connectivity index (χ0v) is 28.4. The average molecular weight is 683 g/mol. The molecule has 6 heteroatoms. The minimum Gasteiger partial charge on any atom is -0.435 e. The zero-order valence-electron chi connectivity index (χ0n) is 27.6. The second kappa shape index (κ2) is 11.4. The van der Waals surface area contributed by atoms with E-state index in [1.807, 2.05) is 54.6 Å². The number of thiophene rings is 1. The monoisotopic (exact) mass is 682 g/mol. The fraction of sp³-hybridized carbons (Fsp3) is 0. The van der Waals surface area contributed by atoms with Gasteiger partial charge in [-0.25, -0.2) is 19.9 Å². The lowest BCUT2D eigenvalue weighted by atomic mass is 9.95. The van der Waals surface area contributed by atoms with Gasteiger partial charge in [-0.15, -0.1) is 11.3 Å². The fourth-order valence-electron chi connectivity index (χ4n) is 7.49. The van der Waals surface area contributed by atoms with E-state index >= 15 is 0 Å². The van der Waals surface area contributed by atoms with Crippen molar-refractivity contribution in [2.75, 3.05) is 0 Å². The summed E-state index contributed by atoms with van der Waals surface area (Å²) in [5, 5.41) is 9.05. The molecular formula is C46H26N4OS. The molecule has 0 aliphatic heterocycles. The van der Waals surface area contributed by atoms with E-state index in [1.165, 1.54) is 20.2 Å². The highest BCUT2D eigenvalue weighted by Gasteiger charge is 2.19. The van der Waals surface area contributed by atoms with Gasteiger partial charge in [-0.3, -0.25) is 0 Å². The third-order valence-corrected chi connectivity index (χ3v) is 11.1. The Bertz CT molecular complexity index is 3190.